The smallest absolute Gasteiger partial charge is 0.408 e. The number of unbranched alkanes of at least 4 members (excludes halogenated alkanes) is 3. The maximum atomic E-state index is 14.4. The quantitative estimate of drug-likeness (QED) is 0.119. The standard InChI is InChI=1S/C36H46N6O8S/c1-8-10-11-12-13-14-25(38-34(46)49-35(4,5)6)32(44)42-20-23(18-27(42)30(43)40-36(33(45)47-7)19-22(36)9-2)48-31-28-24(15-16-51-28)37-29(39-31)26-17-21(3)50-41-26/h8-9,15-17,22-23,25,27H,1-2,10-14,18-20H2,3-7H3,(H,38,46)(H,40,43)/t22-,23-,25+,27+,36-/m1/s1. The molecule has 3 amide bonds. The van der Waals surface area contributed by atoms with Crippen molar-refractivity contribution in [1.29, 1.82) is 0 Å². The summed E-state index contributed by atoms with van der Waals surface area (Å²) in [6.45, 7) is 14.5. The first-order chi connectivity index (χ1) is 24.3. The third kappa shape index (κ3) is 8.75. The summed E-state index contributed by atoms with van der Waals surface area (Å²) in [6.07, 6.45) is 5.90. The van der Waals surface area contributed by atoms with Gasteiger partial charge in [0.25, 0.3) is 0 Å². The second-order valence-electron chi connectivity index (χ2n) is 13.9. The van der Waals surface area contributed by atoms with E-state index in [2.05, 4.69) is 38.9 Å². The van der Waals surface area contributed by atoms with Crippen molar-refractivity contribution in [3.8, 4) is 17.4 Å². The average molecular weight is 723 g/mol. The maximum absolute atomic E-state index is 14.4. The third-order valence-electron chi connectivity index (χ3n) is 8.84. The summed E-state index contributed by atoms with van der Waals surface area (Å²) in [5, 5.41) is 11.5. The number of thiophene rings is 1. The second-order valence-corrected chi connectivity index (χ2v) is 14.8. The molecule has 51 heavy (non-hydrogen) atoms. The largest absolute Gasteiger partial charge is 0.471 e. The van der Waals surface area contributed by atoms with Crippen molar-refractivity contribution in [3.63, 3.8) is 0 Å². The van der Waals surface area contributed by atoms with Crippen LogP contribution in [0.15, 0.2) is 47.3 Å². The van der Waals surface area contributed by atoms with Crippen molar-refractivity contribution in [2.24, 2.45) is 5.92 Å². The number of aryl methyl sites for hydroxylation is 1. The zero-order chi connectivity index (χ0) is 36.9. The summed E-state index contributed by atoms with van der Waals surface area (Å²) in [7, 11) is 1.26. The minimum atomic E-state index is -1.28. The molecular weight excluding hydrogens is 676 g/mol. The number of allylic oxidation sites excluding steroid dienone is 1. The lowest BCUT2D eigenvalue weighted by atomic mass is 10.0. The van der Waals surface area contributed by atoms with Gasteiger partial charge in [0.2, 0.25) is 17.7 Å². The molecule has 2 fully saturated rings. The number of methoxy groups -OCH3 is 1. The molecule has 0 spiro atoms. The summed E-state index contributed by atoms with van der Waals surface area (Å²) >= 11 is 1.39. The van der Waals surface area contributed by atoms with Gasteiger partial charge in [-0.15, -0.1) is 24.5 Å². The van der Waals surface area contributed by atoms with Crippen molar-refractivity contribution < 1.29 is 37.9 Å². The van der Waals surface area contributed by atoms with E-state index in [1.807, 2.05) is 17.5 Å². The molecule has 2 aliphatic rings. The van der Waals surface area contributed by atoms with Gasteiger partial charge in [-0.05, 0) is 64.8 Å². The van der Waals surface area contributed by atoms with Gasteiger partial charge < -0.3 is 34.3 Å². The van der Waals surface area contributed by atoms with Crippen LogP contribution in [0.3, 0.4) is 0 Å². The Morgan fingerprint density at radius 2 is 1.98 bits per heavy atom. The Kier molecular flexibility index (Phi) is 11.5. The van der Waals surface area contributed by atoms with E-state index in [0.29, 0.717) is 46.8 Å². The highest BCUT2D eigenvalue weighted by Crippen LogP contribution is 2.45. The van der Waals surface area contributed by atoms with Crippen LogP contribution in [0.25, 0.3) is 21.7 Å². The van der Waals surface area contributed by atoms with E-state index in [9.17, 15) is 19.2 Å². The fourth-order valence-corrected chi connectivity index (χ4v) is 7.01. The maximum Gasteiger partial charge on any atom is 0.408 e. The number of rotatable bonds is 15. The molecular formula is C36H46N6O8S. The molecule has 1 aliphatic carbocycles. The molecule has 4 heterocycles. The van der Waals surface area contributed by atoms with Crippen LogP contribution >= 0.6 is 11.3 Å². The molecule has 274 valence electrons. The fraction of sp³-hybridized carbons (Fsp3) is 0.528. The normalized spacial score (nSPS) is 21.8. The summed E-state index contributed by atoms with van der Waals surface area (Å²) in [5.74, 6) is -0.768. The number of alkyl carbamates (subject to hydrolysis) is 1. The molecule has 0 bridgehead atoms. The monoisotopic (exact) mass is 722 g/mol. The van der Waals surface area contributed by atoms with E-state index < -0.39 is 53.2 Å². The van der Waals surface area contributed by atoms with Crippen LogP contribution in [0.4, 0.5) is 4.79 Å². The van der Waals surface area contributed by atoms with E-state index in [4.69, 9.17) is 18.7 Å². The highest BCUT2D eigenvalue weighted by atomic mass is 32.1. The number of aromatic nitrogens is 3. The summed E-state index contributed by atoms with van der Waals surface area (Å²) < 4.78 is 22.9. The Balaban J connectivity index is 1.44. The zero-order valence-corrected chi connectivity index (χ0v) is 30.5. The number of likely N-dealkylation sites (tertiary alicyclic amines) is 1. The lowest BCUT2D eigenvalue weighted by molar-refractivity contribution is -0.148. The fourth-order valence-electron chi connectivity index (χ4n) is 6.24. The third-order valence-corrected chi connectivity index (χ3v) is 9.73. The van der Waals surface area contributed by atoms with Crippen molar-refractivity contribution in [2.75, 3.05) is 13.7 Å². The first-order valence-electron chi connectivity index (χ1n) is 17.1. The molecule has 5 rings (SSSR count). The van der Waals surface area contributed by atoms with Crippen molar-refractivity contribution in [1.82, 2.24) is 30.7 Å². The average Bonchev–Trinajstić information content (AvgIpc) is 3.46. The van der Waals surface area contributed by atoms with Gasteiger partial charge in [-0.25, -0.2) is 14.6 Å². The summed E-state index contributed by atoms with van der Waals surface area (Å²) in [4.78, 5) is 65.0. The first kappa shape index (κ1) is 37.5. The predicted octanol–water partition coefficient (Wildman–Crippen LogP) is 5.27. The van der Waals surface area contributed by atoms with Gasteiger partial charge in [0.1, 0.15) is 39.8 Å². The Morgan fingerprint density at radius 1 is 1.20 bits per heavy atom. The van der Waals surface area contributed by atoms with E-state index >= 15 is 0 Å². The van der Waals surface area contributed by atoms with Gasteiger partial charge in [0.05, 0.1) is 19.2 Å². The number of ether oxygens (including phenoxy) is 3. The molecule has 0 unspecified atom stereocenters. The Hall–Kier alpha value is -4.79. The van der Waals surface area contributed by atoms with E-state index in [0.717, 1.165) is 19.3 Å². The molecule has 2 N–H and O–H groups in total. The van der Waals surface area contributed by atoms with E-state index in [1.54, 1.807) is 39.8 Å². The minimum Gasteiger partial charge on any atom is -0.471 e. The van der Waals surface area contributed by atoms with Gasteiger partial charge >= 0.3 is 12.1 Å². The molecule has 0 radical (unpaired) electrons. The zero-order valence-electron chi connectivity index (χ0n) is 29.7. The number of fused-ring (bicyclic) bond motifs is 1. The lowest BCUT2D eigenvalue weighted by Gasteiger charge is -2.30. The van der Waals surface area contributed by atoms with Crippen LogP contribution < -0.4 is 15.4 Å². The number of carbonyl (C=O) groups is 4. The molecule has 0 aromatic carbocycles. The van der Waals surface area contributed by atoms with Gasteiger partial charge in [-0.2, -0.15) is 4.98 Å². The number of hydrogen-bond donors (Lipinski definition) is 2. The summed E-state index contributed by atoms with van der Waals surface area (Å²) in [6, 6.07) is 1.52. The summed E-state index contributed by atoms with van der Waals surface area (Å²) in [5.41, 5.74) is -0.993. The Labute approximate surface area is 301 Å². The predicted molar refractivity (Wildman–Crippen MR) is 190 cm³/mol. The molecule has 3 aromatic heterocycles. The van der Waals surface area contributed by atoms with E-state index in [1.165, 1.54) is 23.3 Å². The topological polar surface area (TPSA) is 175 Å². The molecule has 1 saturated heterocycles. The molecule has 5 atom stereocenters. The highest BCUT2D eigenvalue weighted by Gasteiger charge is 2.62. The van der Waals surface area contributed by atoms with Gasteiger partial charge in [0.15, 0.2) is 11.5 Å². The number of carbonyl (C=O) groups excluding carboxylic acids is 4. The Bertz CT molecular complexity index is 1780. The van der Waals surface area contributed by atoms with Crippen molar-refractivity contribution >= 4 is 45.4 Å². The van der Waals surface area contributed by atoms with Crippen molar-refractivity contribution in [2.45, 2.75) is 102 Å². The molecule has 15 heteroatoms. The SMILES string of the molecule is C=CCCCCC[C@H](NC(=O)OC(C)(C)C)C(=O)N1C[C@H](Oc2nc(-c3cc(C)on3)nc3ccsc23)C[C@H]1C(=O)N[C@]1(C(=O)OC)C[C@H]1C=C. The van der Waals surface area contributed by atoms with Gasteiger partial charge in [-0.3, -0.25) is 9.59 Å². The van der Waals surface area contributed by atoms with Crippen LogP contribution in [0, 0.1) is 12.8 Å². The molecule has 1 aliphatic heterocycles. The lowest BCUT2D eigenvalue weighted by Crippen LogP contribution is -2.56. The molecule has 14 nitrogen and oxygen atoms in total. The first-order valence-corrected chi connectivity index (χ1v) is 18.0. The molecule has 3 aromatic rings. The van der Waals surface area contributed by atoms with Crippen molar-refractivity contribution in [3.05, 3.63) is 48.6 Å². The number of amides is 3. The van der Waals surface area contributed by atoms with Crippen LogP contribution in [0.2, 0.25) is 0 Å². The number of esters is 1. The second kappa shape index (κ2) is 15.6. The minimum absolute atomic E-state index is 0.00523. The van der Waals surface area contributed by atoms with Crippen LogP contribution in [0.1, 0.15) is 71.5 Å². The van der Waals surface area contributed by atoms with E-state index in [-0.39, 0.29) is 24.8 Å². The van der Waals surface area contributed by atoms with Crippen LogP contribution in [0.5, 0.6) is 5.88 Å². The van der Waals surface area contributed by atoms with Gasteiger partial charge in [-0.1, -0.05) is 30.2 Å². The van der Waals surface area contributed by atoms with Crippen LogP contribution in [-0.4, -0.2) is 86.9 Å². The number of hydrogen-bond acceptors (Lipinski definition) is 12. The van der Waals surface area contributed by atoms with Crippen LogP contribution in [-0.2, 0) is 23.9 Å². The highest BCUT2D eigenvalue weighted by molar-refractivity contribution is 7.17. The number of nitrogens with one attached hydrogen (secondary N) is 2. The Morgan fingerprint density at radius 3 is 2.63 bits per heavy atom. The van der Waals surface area contributed by atoms with Gasteiger partial charge in [0, 0.05) is 18.4 Å². The number of nitrogens with zero attached hydrogens (tertiary/aromatic N) is 4. The molecule has 1 saturated carbocycles.